The van der Waals surface area contributed by atoms with Crippen LogP contribution in [-0.2, 0) is 4.74 Å². The Balaban J connectivity index is 1.75. The molecule has 0 amide bonds. The van der Waals surface area contributed by atoms with Crippen molar-refractivity contribution < 1.29 is 9.84 Å². The normalized spacial score (nSPS) is 28.1. The summed E-state index contributed by atoms with van der Waals surface area (Å²) >= 11 is 0. The number of hydrogen-bond acceptors (Lipinski definition) is 3. The maximum Gasteiger partial charge on any atom is 0.0708 e. The zero-order valence-corrected chi connectivity index (χ0v) is 12.7. The molecule has 1 saturated carbocycles. The van der Waals surface area contributed by atoms with E-state index in [1.165, 1.54) is 44.9 Å². The van der Waals surface area contributed by atoms with Gasteiger partial charge in [0.15, 0.2) is 0 Å². The van der Waals surface area contributed by atoms with E-state index in [9.17, 15) is 0 Å². The average Bonchev–Trinajstić information content (AvgIpc) is 2.78. The Kier molecular flexibility index (Phi) is 5.67. The second kappa shape index (κ2) is 7.05. The fourth-order valence-electron chi connectivity index (χ4n) is 3.70. The Bertz CT molecular complexity index is 261. The number of ether oxygens (including phenoxy) is 1. The number of rotatable bonds is 6. The third-order valence-electron chi connectivity index (χ3n) is 4.96. The smallest absolute Gasteiger partial charge is 0.0708 e. The van der Waals surface area contributed by atoms with Crippen molar-refractivity contribution in [1.82, 2.24) is 5.32 Å². The number of aliphatic hydroxyl groups excluding tert-OH is 1. The largest absolute Gasteiger partial charge is 0.396 e. The standard InChI is InChI=1S/C16H31NO2/c1-13(2)15(7-11-18)17-12-14-6-10-16(19-14)8-4-3-5-9-16/h13-15,17-18H,3-12H2,1-2H3. The first kappa shape index (κ1) is 15.3. The Labute approximate surface area is 118 Å². The van der Waals surface area contributed by atoms with Crippen molar-refractivity contribution in [1.29, 1.82) is 0 Å². The van der Waals surface area contributed by atoms with Gasteiger partial charge in [-0.3, -0.25) is 0 Å². The molecule has 0 aromatic carbocycles. The van der Waals surface area contributed by atoms with Crippen molar-refractivity contribution in [3.63, 3.8) is 0 Å². The monoisotopic (exact) mass is 269 g/mol. The molecule has 0 aromatic rings. The molecule has 3 nitrogen and oxygen atoms in total. The molecule has 2 N–H and O–H groups in total. The lowest BCUT2D eigenvalue weighted by atomic mass is 9.83. The van der Waals surface area contributed by atoms with Gasteiger partial charge in [-0.2, -0.15) is 0 Å². The van der Waals surface area contributed by atoms with Crippen molar-refractivity contribution in [2.24, 2.45) is 5.92 Å². The molecule has 19 heavy (non-hydrogen) atoms. The molecule has 0 radical (unpaired) electrons. The summed E-state index contributed by atoms with van der Waals surface area (Å²) in [5.41, 5.74) is 0.231. The van der Waals surface area contributed by atoms with Gasteiger partial charge in [-0.25, -0.2) is 0 Å². The Hall–Kier alpha value is -0.120. The van der Waals surface area contributed by atoms with Crippen LogP contribution >= 0.6 is 0 Å². The van der Waals surface area contributed by atoms with Crippen LogP contribution in [-0.4, -0.2) is 36.0 Å². The van der Waals surface area contributed by atoms with E-state index in [0.29, 0.717) is 18.1 Å². The topological polar surface area (TPSA) is 41.5 Å². The van der Waals surface area contributed by atoms with Crippen molar-refractivity contribution in [2.45, 2.75) is 83.0 Å². The van der Waals surface area contributed by atoms with Gasteiger partial charge in [-0.05, 0) is 38.0 Å². The minimum absolute atomic E-state index is 0.231. The molecule has 2 aliphatic rings. The SMILES string of the molecule is CC(C)C(CCO)NCC1CCC2(CCCCC2)O1. The molecular formula is C16H31NO2. The van der Waals surface area contributed by atoms with Gasteiger partial charge in [0.25, 0.3) is 0 Å². The van der Waals surface area contributed by atoms with Gasteiger partial charge < -0.3 is 15.2 Å². The van der Waals surface area contributed by atoms with E-state index in [0.717, 1.165) is 13.0 Å². The summed E-state index contributed by atoms with van der Waals surface area (Å²) in [6.07, 6.45) is 10.3. The number of nitrogens with one attached hydrogen (secondary N) is 1. The number of hydrogen-bond donors (Lipinski definition) is 2. The molecule has 2 atom stereocenters. The minimum atomic E-state index is 0.231. The minimum Gasteiger partial charge on any atom is -0.396 e. The highest BCUT2D eigenvalue weighted by Gasteiger charge is 2.40. The fraction of sp³-hybridized carbons (Fsp3) is 1.00. The highest BCUT2D eigenvalue weighted by atomic mass is 16.5. The molecule has 2 unspecified atom stereocenters. The fourth-order valence-corrected chi connectivity index (χ4v) is 3.70. The Morgan fingerprint density at radius 1 is 1.21 bits per heavy atom. The first-order valence-electron chi connectivity index (χ1n) is 8.17. The Morgan fingerprint density at radius 3 is 2.58 bits per heavy atom. The predicted octanol–water partition coefficient (Wildman–Crippen LogP) is 2.86. The van der Waals surface area contributed by atoms with Gasteiger partial charge in [0.1, 0.15) is 0 Å². The van der Waals surface area contributed by atoms with E-state index in [1.54, 1.807) is 0 Å². The first-order valence-corrected chi connectivity index (χ1v) is 8.17. The molecule has 1 spiro atoms. The lowest BCUT2D eigenvalue weighted by Gasteiger charge is -2.33. The van der Waals surface area contributed by atoms with Gasteiger partial charge in [0, 0.05) is 19.2 Å². The molecule has 0 bridgehead atoms. The summed E-state index contributed by atoms with van der Waals surface area (Å²) in [7, 11) is 0. The molecule has 2 fully saturated rings. The van der Waals surface area contributed by atoms with Gasteiger partial charge in [-0.1, -0.05) is 33.1 Å². The van der Waals surface area contributed by atoms with E-state index < -0.39 is 0 Å². The van der Waals surface area contributed by atoms with Crippen molar-refractivity contribution in [2.75, 3.05) is 13.2 Å². The van der Waals surface area contributed by atoms with Crippen LogP contribution in [0.1, 0.15) is 65.2 Å². The van der Waals surface area contributed by atoms with Crippen LogP contribution < -0.4 is 5.32 Å². The van der Waals surface area contributed by atoms with Crippen LogP contribution in [0.4, 0.5) is 0 Å². The zero-order chi connectivity index (χ0) is 13.7. The van der Waals surface area contributed by atoms with Gasteiger partial charge in [0.2, 0.25) is 0 Å². The zero-order valence-electron chi connectivity index (χ0n) is 12.7. The number of aliphatic hydroxyl groups is 1. The summed E-state index contributed by atoms with van der Waals surface area (Å²) in [6.45, 7) is 5.65. The van der Waals surface area contributed by atoms with E-state index in [1.807, 2.05) is 0 Å². The third kappa shape index (κ3) is 4.17. The highest BCUT2D eigenvalue weighted by molar-refractivity contribution is 4.92. The van der Waals surface area contributed by atoms with Crippen LogP contribution in [0.25, 0.3) is 0 Å². The third-order valence-corrected chi connectivity index (χ3v) is 4.96. The molecular weight excluding hydrogens is 238 g/mol. The maximum absolute atomic E-state index is 9.10. The summed E-state index contributed by atoms with van der Waals surface area (Å²) in [5, 5.41) is 12.7. The van der Waals surface area contributed by atoms with Crippen molar-refractivity contribution >= 4 is 0 Å². The van der Waals surface area contributed by atoms with Gasteiger partial charge in [0.05, 0.1) is 11.7 Å². The van der Waals surface area contributed by atoms with E-state index in [2.05, 4.69) is 19.2 Å². The van der Waals surface area contributed by atoms with Crippen molar-refractivity contribution in [3.8, 4) is 0 Å². The molecule has 112 valence electrons. The van der Waals surface area contributed by atoms with Crippen LogP contribution in [0.15, 0.2) is 0 Å². The van der Waals surface area contributed by atoms with Crippen LogP contribution in [0.3, 0.4) is 0 Å². The maximum atomic E-state index is 9.10. The molecule has 1 saturated heterocycles. The summed E-state index contributed by atoms with van der Waals surface area (Å²) in [6, 6.07) is 0.413. The van der Waals surface area contributed by atoms with E-state index in [4.69, 9.17) is 9.84 Å². The molecule has 2 rings (SSSR count). The summed E-state index contributed by atoms with van der Waals surface area (Å²) in [5.74, 6) is 0.567. The van der Waals surface area contributed by atoms with Gasteiger partial charge in [-0.15, -0.1) is 0 Å². The quantitative estimate of drug-likeness (QED) is 0.779. The summed E-state index contributed by atoms with van der Waals surface area (Å²) < 4.78 is 6.37. The Morgan fingerprint density at radius 2 is 1.95 bits per heavy atom. The van der Waals surface area contributed by atoms with Crippen LogP contribution in [0.5, 0.6) is 0 Å². The molecule has 1 aliphatic heterocycles. The van der Waals surface area contributed by atoms with E-state index in [-0.39, 0.29) is 12.2 Å². The second-order valence-electron chi connectivity index (χ2n) is 6.79. The molecule has 3 heteroatoms. The van der Waals surface area contributed by atoms with E-state index >= 15 is 0 Å². The average molecular weight is 269 g/mol. The first-order chi connectivity index (χ1) is 9.15. The molecule has 1 heterocycles. The lowest BCUT2D eigenvalue weighted by Crippen LogP contribution is -2.40. The highest BCUT2D eigenvalue weighted by Crippen LogP contribution is 2.41. The molecule has 1 aliphatic carbocycles. The second-order valence-corrected chi connectivity index (χ2v) is 6.79. The van der Waals surface area contributed by atoms with Gasteiger partial charge >= 0.3 is 0 Å². The predicted molar refractivity (Wildman–Crippen MR) is 78.3 cm³/mol. The van der Waals surface area contributed by atoms with Crippen molar-refractivity contribution in [3.05, 3.63) is 0 Å². The van der Waals surface area contributed by atoms with Crippen LogP contribution in [0, 0.1) is 5.92 Å². The molecule has 0 aromatic heterocycles. The summed E-state index contributed by atoms with van der Waals surface area (Å²) in [4.78, 5) is 0. The van der Waals surface area contributed by atoms with Crippen LogP contribution in [0.2, 0.25) is 0 Å². The lowest BCUT2D eigenvalue weighted by molar-refractivity contribution is -0.0633.